The van der Waals surface area contributed by atoms with Gasteiger partial charge in [-0.15, -0.1) is 0 Å². The molecular formula is C23H18BrN3O3S. The van der Waals surface area contributed by atoms with E-state index in [1.807, 2.05) is 25.1 Å². The monoisotopic (exact) mass is 495 g/mol. The summed E-state index contributed by atoms with van der Waals surface area (Å²) in [6.07, 6.45) is 1.65. The van der Waals surface area contributed by atoms with Crippen molar-refractivity contribution < 1.29 is 9.53 Å². The van der Waals surface area contributed by atoms with E-state index in [2.05, 4.69) is 25.9 Å². The van der Waals surface area contributed by atoms with Crippen LogP contribution in [0.25, 0.3) is 16.7 Å². The van der Waals surface area contributed by atoms with Gasteiger partial charge in [0.25, 0.3) is 5.56 Å². The van der Waals surface area contributed by atoms with Crippen molar-refractivity contribution >= 4 is 44.4 Å². The third-order valence-corrected chi connectivity index (χ3v) is 6.24. The Kier molecular flexibility index (Phi) is 6.20. The van der Waals surface area contributed by atoms with Gasteiger partial charge in [-0.3, -0.25) is 9.59 Å². The van der Waals surface area contributed by atoms with E-state index in [9.17, 15) is 9.59 Å². The molecule has 31 heavy (non-hydrogen) atoms. The number of aryl methyl sites for hydroxylation is 1. The number of pyridine rings is 1. The summed E-state index contributed by atoms with van der Waals surface area (Å²) in [6, 6.07) is 16.0. The molecule has 0 spiro atoms. The fourth-order valence-electron chi connectivity index (χ4n) is 3.11. The molecule has 0 aliphatic rings. The van der Waals surface area contributed by atoms with Gasteiger partial charge in [-0.05, 0) is 70.9 Å². The van der Waals surface area contributed by atoms with Gasteiger partial charge >= 0.3 is 0 Å². The topological polar surface area (TPSA) is 74.1 Å². The Morgan fingerprint density at radius 2 is 1.97 bits per heavy atom. The van der Waals surface area contributed by atoms with E-state index in [0.29, 0.717) is 37.7 Å². The lowest BCUT2D eigenvalue weighted by atomic mass is 10.1. The molecule has 0 aliphatic heterocycles. The third kappa shape index (κ3) is 4.40. The number of fused-ring (bicyclic) bond motifs is 1. The maximum Gasteiger partial charge on any atom is 0.267 e. The van der Waals surface area contributed by atoms with E-state index in [-0.39, 0.29) is 17.1 Å². The Hall–Kier alpha value is -2.97. The van der Waals surface area contributed by atoms with Crippen LogP contribution in [-0.2, 0) is 0 Å². The first kappa shape index (κ1) is 21.3. The van der Waals surface area contributed by atoms with Crippen LogP contribution in [-0.4, -0.2) is 33.2 Å². The highest BCUT2D eigenvalue weighted by atomic mass is 79.9. The molecule has 0 saturated heterocycles. The van der Waals surface area contributed by atoms with E-state index in [1.165, 1.54) is 16.3 Å². The minimum atomic E-state index is -0.217. The molecule has 0 unspecified atom stereocenters. The van der Waals surface area contributed by atoms with Crippen molar-refractivity contribution in [3.8, 4) is 11.6 Å². The average molecular weight is 496 g/mol. The number of ether oxygens (including phenoxy) is 1. The molecule has 8 heteroatoms. The van der Waals surface area contributed by atoms with Crippen LogP contribution in [0.5, 0.6) is 5.75 Å². The number of carbonyl (C=O) groups is 1. The molecule has 6 nitrogen and oxygen atoms in total. The van der Waals surface area contributed by atoms with Crippen LogP contribution in [0.2, 0.25) is 0 Å². The lowest BCUT2D eigenvalue weighted by Crippen LogP contribution is -2.23. The fourth-order valence-corrected chi connectivity index (χ4v) is 4.54. The van der Waals surface area contributed by atoms with Crippen LogP contribution in [0.4, 0.5) is 0 Å². The number of thioether (sulfide) groups is 1. The Labute approximate surface area is 191 Å². The van der Waals surface area contributed by atoms with Crippen LogP contribution in [0.15, 0.2) is 75.2 Å². The number of benzene rings is 2. The summed E-state index contributed by atoms with van der Waals surface area (Å²) in [5, 5.41) is 0.920. The van der Waals surface area contributed by atoms with Crippen LogP contribution in [0.1, 0.15) is 15.9 Å². The van der Waals surface area contributed by atoms with E-state index < -0.39 is 0 Å². The van der Waals surface area contributed by atoms with Crippen molar-refractivity contribution in [1.29, 1.82) is 0 Å². The van der Waals surface area contributed by atoms with Crippen molar-refractivity contribution in [2.45, 2.75) is 12.1 Å². The van der Waals surface area contributed by atoms with Crippen molar-refractivity contribution in [3.05, 3.63) is 86.7 Å². The van der Waals surface area contributed by atoms with Crippen LogP contribution >= 0.6 is 27.7 Å². The second-order valence-electron chi connectivity index (χ2n) is 6.80. The molecule has 2 aromatic carbocycles. The van der Waals surface area contributed by atoms with Gasteiger partial charge in [0.05, 0.1) is 28.2 Å². The molecular weight excluding hydrogens is 478 g/mol. The summed E-state index contributed by atoms with van der Waals surface area (Å²) in [4.78, 5) is 35.1. The number of ketones is 1. The highest BCUT2D eigenvalue weighted by Gasteiger charge is 2.17. The summed E-state index contributed by atoms with van der Waals surface area (Å²) < 4.78 is 7.39. The largest absolute Gasteiger partial charge is 0.496 e. The minimum absolute atomic E-state index is 0.0838. The first-order valence-corrected chi connectivity index (χ1v) is 11.2. The summed E-state index contributed by atoms with van der Waals surface area (Å²) in [5.74, 6) is 1.17. The number of methoxy groups -OCH3 is 1. The van der Waals surface area contributed by atoms with Crippen molar-refractivity contribution in [3.63, 3.8) is 0 Å². The quantitative estimate of drug-likeness (QED) is 0.216. The summed E-state index contributed by atoms with van der Waals surface area (Å²) in [6.45, 7) is 1.93. The van der Waals surface area contributed by atoms with Crippen molar-refractivity contribution in [2.24, 2.45) is 0 Å². The summed E-state index contributed by atoms with van der Waals surface area (Å²) in [5.41, 5.74) is 1.88. The molecule has 2 aromatic heterocycles. The van der Waals surface area contributed by atoms with Gasteiger partial charge in [0.2, 0.25) is 0 Å². The lowest BCUT2D eigenvalue weighted by Gasteiger charge is -2.13. The number of rotatable bonds is 6. The Morgan fingerprint density at radius 3 is 2.71 bits per heavy atom. The summed E-state index contributed by atoms with van der Waals surface area (Å²) in [7, 11) is 1.57. The molecule has 0 atom stereocenters. The smallest absolute Gasteiger partial charge is 0.267 e. The number of aromatic nitrogens is 3. The first-order chi connectivity index (χ1) is 15.0. The SMILES string of the molecule is COc1ccc(C(=O)CSc2nc3ccccc3c(=O)n2-c2cc(C)ccn2)cc1Br. The molecule has 0 fully saturated rings. The second kappa shape index (κ2) is 9.03. The van der Waals surface area contributed by atoms with E-state index in [1.54, 1.807) is 49.7 Å². The number of hydrogen-bond donors (Lipinski definition) is 0. The maximum absolute atomic E-state index is 13.3. The molecule has 0 N–H and O–H groups in total. The van der Waals surface area contributed by atoms with Gasteiger partial charge in [-0.25, -0.2) is 14.5 Å². The Bertz CT molecular complexity index is 1350. The minimum Gasteiger partial charge on any atom is -0.496 e. The van der Waals surface area contributed by atoms with Crippen molar-refractivity contribution in [2.75, 3.05) is 12.9 Å². The van der Waals surface area contributed by atoms with Crippen LogP contribution < -0.4 is 10.3 Å². The molecule has 4 rings (SSSR count). The Balaban J connectivity index is 1.73. The van der Waals surface area contributed by atoms with Gasteiger partial charge in [0.1, 0.15) is 11.6 Å². The molecule has 0 bridgehead atoms. The lowest BCUT2D eigenvalue weighted by molar-refractivity contribution is 0.102. The first-order valence-electron chi connectivity index (χ1n) is 9.42. The predicted octanol–water partition coefficient (Wildman–Crippen LogP) is 4.84. The second-order valence-corrected chi connectivity index (χ2v) is 8.60. The highest BCUT2D eigenvalue weighted by molar-refractivity contribution is 9.10. The standard InChI is InChI=1S/C23H18BrN3O3S/c1-14-9-10-25-21(11-14)27-22(29)16-5-3-4-6-18(16)26-23(27)31-13-19(28)15-7-8-20(30-2)17(24)12-15/h3-12H,13H2,1-2H3. The maximum atomic E-state index is 13.3. The fraction of sp³-hybridized carbons (Fsp3) is 0.130. The predicted molar refractivity (Wildman–Crippen MR) is 126 cm³/mol. The normalized spacial score (nSPS) is 10.9. The van der Waals surface area contributed by atoms with Gasteiger partial charge in [0.15, 0.2) is 10.9 Å². The molecule has 0 saturated carbocycles. The number of hydrogen-bond acceptors (Lipinski definition) is 6. The highest BCUT2D eigenvalue weighted by Crippen LogP contribution is 2.27. The number of nitrogens with zero attached hydrogens (tertiary/aromatic N) is 3. The number of Topliss-reactive ketones (excluding diaryl/α,β-unsaturated/α-hetero) is 1. The molecule has 0 radical (unpaired) electrons. The zero-order chi connectivity index (χ0) is 22.0. The van der Waals surface area contributed by atoms with Gasteiger partial charge < -0.3 is 4.74 Å². The average Bonchev–Trinajstić information content (AvgIpc) is 2.77. The molecule has 0 amide bonds. The molecule has 4 aromatic rings. The number of halogens is 1. The Morgan fingerprint density at radius 1 is 1.16 bits per heavy atom. The number of para-hydroxylation sites is 1. The van der Waals surface area contributed by atoms with E-state index >= 15 is 0 Å². The summed E-state index contributed by atoms with van der Waals surface area (Å²) >= 11 is 4.62. The molecule has 0 aliphatic carbocycles. The van der Waals surface area contributed by atoms with E-state index in [4.69, 9.17) is 4.74 Å². The number of carbonyl (C=O) groups excluding carboxylic acids is 1. The van der Waals surface area contributed by atoms with Crippen molar-refractivity contribution in [1.82, 2.24) is 14.5 Å². The van der Waals surface area contributed by atoms with Gasteiger partial charge in [0, 0.05) is 11.8 Å². The van der Waals surface area contributed by atoms with Gasteiger partial charge in [-0.2, -0.15) is 0 Å². The zero-order valence-electron chi connectivity index (χ0n) is 16.8. The van der Waals surface area contributed by atoms with Crippen LogP contribution in [0.3, 0.4) is 0 Å². The molecule has 2 heterocycles. The molecule has 156 valence electrons. The van der Waals surface area contributed by atoms with E-state index in [0.717, 1.165) is 5.56 Å². The zero-order valence-corrected chi connectivity index (χ0v) is 19.2. The van der Waals surface area contributed by atoms with Crippen LogP contribution in [0, 0.1) is 6.92 Å². The third-order valence-electron chi connectivity index (χ3n) is 4.68. The van der Waals surface area contributed by atoms with Gasteiger partial charge in [-0.1, -0.05) is 23.9 Å².